The predicted molar refractivity (Wildman–Crippen MR) is 85.4 cm³/mol. The number of nitrogens with one attached hydrogen (secondary N) is 2. The quantitative estimate of drug-likeness (QED) is 0.902. The fourth-order valence-corrected chi connectivity index (χ4v) is 4.55. The SMILES string of the molecule is C[C@]1(CNC(=O)N2CCCC[C@@H]2c2cn[nH]c2)CCCS1. The zero-order valence-electron chi connectivity index (χ0n) is 12.6. The lowest BCUT2D eigenvalue weighted by atomic mass is 9.98. The van der Waals surface area contributed by atoms with E-state index >= 15 is 0 Å². The van der Waals surface area contributed by atoms with Crippen molar-refractivity contribution >= 4 is 17.8 Å². The number of rotatable bonds is 3. The van der Waals surface area contributed by atoms with Gasteiger partial charge in [-0.15, -0.1) is 0 Å². The van der Waals surface area contributed by atoms with Gasteiger partial charge in [-0.2, -0.15) is 16.9 Å². The third-order valence-corrected chi connectivity index (χ3v) is 6.12. The van der Waals surface area contributed by atoms with Crippen LogP contribution in [0.3, 0.4) is 0 Å². The van der Waals surface area contributed by atoms with Crippen LogP contribution in [-0.2, 0) is 0 Å². The Morgan fingerprint density at radius 1 is 1.57 bits per heavy atom. The van der Waals surface area contributed by atoms with Crippen LogP contribution < -0.4 is 5.32 Å². The standard InChI is InChI=1S/C15H24N4OS/c1-15(6-4-8-21-15)11-16-14(20)19-7-3-2-5-13(19)12-9-17-18-10-12/h9-10,13H,2-8,11H2,1H3,(H,16,20)(H,17,18)/t13-,15-/m1/s1. The highest BCUT2D eigenvalue weighted by molar-refractivity contribution is 8.00. The Morgan fingerprint density at radius 2 is 2.48 bits per heavy atom. The number of amides is 2. The summed E-state index contributed by atoms with van der Waals surface area (Å²) in [7, 11) is 0. The maximum absolute atomic E-state index is 12.6. The molecule has 3 rings (SSSR count). The Hall–Kier alpha value is -1.17. The number of hydrogen-bond donors (Lipinski definition) is 2. The number of thioether (sulfide) groups is 1. The summed E-state index contributed by atoms with van der Waals surface area (Å²) in [4.78, 5) is 14.6. The smallest absolute Gasteiger partial charge is 0.317 e. The number of piperidine rings is 1. The van der Waals surface area contributed by atoms with Crippen molar-refractivity contribution in [3.05, 3.63) is 18.0 Å². The number of aromatic nitrogens is 2. The van der Waals surface area contributed by atoms with Crippen LogP contribution in [0.2, 0.25) is 0 Å². The van der Waals surface area contributed by atoms with Gasteiger partial charge in [0.2, 0.25) is 0 Å². The van der Waals surface area contributed by atoms with Gasteiger partial charge in [0, 0.05) is 29.6 Å². The van der Waals surface area contributed by atoms with Gasteiger partial charge < -0.3 is 10.2 Å². The molecular weight excluding hydrogens is 284 g/mol. The molecule has 6 heteroatoms. The lowest BCUT2D eigenvalue weighted by Gasteiger charge is -2.36. The van der Waals surface area contributed by atoms with E-state index in [9.17, 15) is 4.79 Å². The summed E-state index contributed by atoms with van der Waals surface area (Å²) in [6.07, 6.45) is 9.50. The van der Waals surface area contributed by atoms with Crippen LogP contribution in [0.4, 0.5) is 4.79 Å². The van der Waals surface area contributed by atoms with Crippen LogP contribution in [0.25, 0.3) is 0 Å². The molecule has 2 saturated heterocycles. The first-order valence-corrected chi connectivity index (χ1v) is 8.84. The summed E-state index contributed by atoms with van der Waals surface area (Å²) < 4.78 is 0.219. The second-order valence-electron chi connectivity index (χ2n) is 6.30. The second kappa shape index (κ2) is 6.30. The van der Waals surface area contributed by atoms with E-state index in [0.717, 1.165) is 31.5 Å². The highest BCUT2D eigenvalue weighted by atomic mass is 32.2. The van der Waals surface area contributed by atoms with E-state index < -0.39 is 0 Å². The van der Waals surface area contributed by atoms with E-state index in [1.165, 1.54) is 25.0 Å². The van der Waals surface area contributed by atoms with E-state index in [1.54, 1.807) is 0 Å². The molecule has 1 aromatic rings. The molecule has 2 aliphatic heterocycles. The van der Waals surface area contributed by atoms with Crippen molar-refractivity contribution in [1.29, 1.82) is 0 Å². The Kier molecular flexibility index (Phi) is 4.42. The number of nitrogens with zero attached hydrogens (tertiary/aromatic N) is 2. The fraction of sp³-hybridized carbons (Fsp3) is 0.733. The minimum absolute atomic E-state index is 0.0784. The van der Waals surface area contributed by atoms with Gasteiger partial charge in [0.25, 0.3) is 0 Å². The Labute approximate surface area is 130 Å². The molecule has 2 amide bonds. The number of H-pyrrole nitrogens is 1. The van der Waals surface area contributed by atoms with Crippen molar-refractivity contribution in [2.75, 3.05) is 18.8 Å². The lowest BCUT2D eigenvalue weighted by Crippen LogP contribution is -2.47. The summed E-state index contributed by atoms with van der Waals surface area (Å²) in [5.74, 6) is 1.22. The van der Waals surface area contributed by atoms with Gasteiger partial charge in [-0.1, -0.05) is 0 Å². The fourth-order valence-electron chi connectivity index (χ4n) is 3.30. The third-order valence-electron chi connectivity index (χ3n) is 4.58. The van der Waals surface area contributed by atoms with Crippen LogP contribution in [0.1, 0.15) is 50.6 Å². The number of carbonyl (C=O) groups is 1. The summed E-state index contributed by atoms with van der Waals surface area (Å²) in [5, 5.41) is 10.0. The van der Waals surface area contributed by atoms with Crippen LogP contribution in [-0.4, -0.2) is 44.7 Å². The van der Waals surface area contributed by atoms with Gasteiger partial charge in [0.15, 0.2) is 0 Å². The summed E-state index contributed by atoms with van der Waals surface area (Å²) in [5.41, 5.74) is 1.12. The largest absolute Gasteiger partial charge is 0.337 e. The lowest BCUT2D eigenvalue weighted by molar-refractivity contribution is 0.151. The molecule has 21 heavy (non-hydrogen) atoms. The first kappa shape index (κ1) is 14.8. The average molecular weight is 308 g/mol. The zero-order valence-corrected chi connectivity index (χ0v) is 13.4. The average Bonchev–Trinajstić information content (AvgIpc) is 3.17. The molecule has 2 atom stereocenters. The molecule has 1 aromatic heterocycles. The predicted octanol–water partition coefficient (Wildman–Crippen LogP) is 2.93. The van der Waals surface area contributed by atoms with Crippen LogP contribution in [0.15, 0.2) is 12.4 Å². The van der Waals surface area contributed by atoms with Gasteiger partial charge in [-0.25, -0.2) is 4.79 Å². The van der Waals surface area contributed by atoms with E-state index in [4.69, 9.17) is 0 Å². The zero-order chi connectivity index (χ0) is 14.7. The van der Waals surface area contributed by atoms with E-state index in [1.807, 2.05) is 29.1 Å². The Balaban J connectivity index is 1.61. The Morgan fingerprint density at radius 3 is 3.19 bits per heavy atom. The number of aromatic amines is 1. The molecule has 0 spiro atoms. The molecule has 3 heterocycles. The molecule has 0 aliphatic carbocycles. The third kappa shape index (κ3) is 3.36. The van der Waals surface area contributed by atoms with Gasteiger partial charge in [0.05, 0.1) is 12.2 Å². The van der Waals surface area contributed by atoms with E-state index in [-0.39, 0.29) is 16.8 Å². The van der Waals surface area contributed by atoms with Gasteiger partial charge in [-0.3, -0.25) is 5.10 Å². The van der Waals surface area contributed by atoms with Crippen LogP contribution in [0, 0.1) is 0 Å². The molecule has 2 fully saturated rings. The molecule has 0 radical (unpaired) electrons. The minimum Gasteiger partial charge on any atom is -0.337 e. The van der Waals surface area contributed by atoms with Crippen LogP contribution in [0.5, 0.6) is 0 Å². The topological polar surface area (TPSA) is 61.0 Å². The first-order valence-electron chi connectivity index (χ1n) is 7.85. The number of likely N-dealkylation sites (tertiary alicyclic amines) is 1. The van der Waals surface area contributed by atoms with Gasteiger partial charge in [-0.05, 0) is 44.8 Å². The van der Waals surface area contributed by atoms with Crippen molar-refractivity contribution < 1.29 is 4.79 Å². The highest BCUT2D eigenvalue weighted by Crippen LogP contribution is 2.37. The maximum Gasteiger partial charge on any atom is 0.317 e. The summed E-state index contributed by atoms with van der Waals surface area (Å²) in [6.45, 7) is 3.87. The highest BCUT2D eigenvalue weighted by Gasteiger charge is 2.32. The number of carbonyl (C=O) groups excluding carboxylic acids is 1. The van der Waals surface area contributed by atoms with E-state index in [2.05, 4.69) is 22.4 Å². The number of hydrogen-bond acceptors (Lipinski definition) is 3. The normalized spacial score (nSPS) is 29.6. The maximum atomic E-state index is 12.6. The number of urea groups is 1. The molecule has 0 unspecified atom stereocenters. The second-order valence-corrected chi connectivity index (χ2v) is 7.98. The molecule has 0 aromatic carbocycles. The van der Waals surface area contributed by atoms with Gasteiger partial charge >= 0.3 is 6.03 Å². The van der Waals surface area contributed by atoms with Crippen molar-refractivity contribution in [2.45, 2.75) is 49.8 Å². The molecule has 2 N–H and O–H groups in total. The van der Waals surface area contributed by atoms with Crippen molar-refractivity contribution in [2.24, 2.45) is 0 Å². The molecule has 0 bridgehead atoms. The molecule has 2 aliphatic rings. The van der Waals surface area contributed by atoms with E-state index in [0.29, 0.717) is 0 Å². The Bertz CT molecular complexity index is 470. The molecule has 116 valence electrons. The van der Waals surface area contributed by atoms with Crippen molar-refractivity contribution in [3.63, 3.8) is 0 Å². The summed E-state index contributed by atoms with van der Waals surface area (Å²) >= 11 is 1.98. The van der Waals surface area contributed by atoms with Gasteiger partial charge in [0.1, 0.15) is 0 Å². The van der Waals surface area contributed by atoms with Crippen molar-refractivity contribution in [3.8, 4) is 0 Å². The van der Waals surface area contributed by atoms with Crippen LogP contribution >= 0.6 is 11.8 Å². The monoisotopic (exact) mass is 308 g/mol. The minimum atomic E-state index is 0.0784. The molecular formula is C15H24N4OS. The summed E-state index contributed by atoms with van der Waals surface area (Å²) in [6, 6.07) is 0.246. The molecule has 5 nitrogen and oxygen atoms in total. The first-order chi connectivity index (χ1) is 10.2. The van der Waals surface area contributed by atoms with Crippen molar-refractivity contribution in [1.82, 2.24) is 20.4 Å². The molecule has 0 saturated carbocycles.